The molecule has 46 heavy (non-hydrogen) atoms. The Morgan fingerprint density at radius 2 is 0.413 bits per heavy atom. The second-order valence-electron chi connectivity index (χ2n) is 17.5. The van der Waals surface area contributed by atoms with Crippen LogP contribution in [0.3, 0.4) is 0 Å². The van der Waals surface area contributed by atoms with Gasteiger partial charge in [0, 0.05) is 0 Å². The van der Waals surface area contributed by atoms with Crippen LogP contribution in [-0.2, 0) is 0 Å². The molecule has 0 aromatic rings. The lowest BCUT2D eigenvalue weighted by molar-refractivity contribution is 0.369. The molecule has 0 spiro atoms. The fraction of sp³-hybridized carbons (Fsp3) is 1.00. The van der Waals surface area contributed by atoms with Gasteiger partial charge in [-0.15, -0.1) is 0 Å². The SMILES string of the molecule is CC(C)CCCC(C)CCCC(C)CCCCC(C)CCCC(C)CCCC(C)C.CCCCCCCCCCCCCCCC. The quantitative estimate of drug-likeness (QED) is 0.0609. The molecule has 0 fully saturated rings. The third-order valence-corrected chi connectivity index (χ3v) is 10.8. The van der Waals surface area contributed by atoms with Crippen molar-refractivity contribution in [2.24, 2.45) is 35.5 Å². The van der Waals surface area contributed by atoms with E-state index in [-0.39, 0.29) is 0 Å². The lowest BCUT2D eigenvalue weighted by Crippen LogP contribution is -2.01. The van der Waals surface area contributed by atoms with Crippen molar-refractivity contribution in [3.63, 3.8) is 0 Å². The fourth-order valence-corrected chi connectivity index (χ4v) is 7.21. The monoisotopic (exact) mass is 649 g/mol. The Kier molecular flexibility index (Phi) is 39.6. The highest BCUT2D eigenvalue weighted by Crippen LogP contribution is 2.24. The first kappa shape index (κ1) is 48.1. The molecule has 0 aliphatic heterocycles. The number of rotatable bonds is 34. The van der Waals surface area contributed by atoms with Gasteiger partial charge in [-0.05, 0) is 35.5 Å². The zero-order valence-corrected chi connectivity index (χ0v) is 34.7. The first-order chi connectivity index (χ1) is 22.1. The van der Waals surface area contributed by atoms with Crippen molar-refractivity contribution in [1.29, 1.82) is 0 Å². The predicted octanol–water partition coefficient (Wildman–Crippen LogP) is 17.6. The summed E-state index contributed by atoms with van der Waals surface area (Å²) in [6.45, 7) is 23.9. The molecule has 0 saturated carbocycles. The molecule has 0 amide bonds. The highest BCUT2D eigenvalue weighted by molar-refractivity contribution is 4.62. The van der Waals surface area contributed by atoms with Crippen LogP contribution >= 0.6 is 0 Å². The summed E-state index contributed by atoms with van der Waals surface area (Å²) in [5, 5.41) is 0. The maximum absolute atomic E-state index is 2.49. The minimum absolute atomic E-state index is 0.878. The fourth-order valence-electron chi connectivity index (χ4n) is 7.21. The average Bonchev–Trinajstić information content (AvgIpc) is 3.00. The van der Waals surface area contributed by atoms with E-state index in [4.69, 9.17) is 0 Å². The van der Waals surface area contributed by atoms with E-state index in [1.807, 2.05) is 0 Å². The van der Waals surface area contributed by atoms with Crippen LogP contribution in [-0.4, -0.2) is 0 Å². The van der Waals surface area contributed by atoms with Gasteiger partial charge in [-0.25, -0.2) is 0 Å². The first-order valence-electron chi connectivity index (χ1n) is 22.1. The van der Waals surface area contributed by atoms with Crippen molar-refractivity contribution < 1.29 is 0 Å². The van der Waals surface area contributed by atoms with Crippen LogP contribution in [0.1, 0.15) is 262 Å². The lowest BCUT2D eigenvalue weighted by atomic mass is 9.90. The van der Waals surface area contributed by atoms with Crippen LogP contribution in [0.2, 0.25) is 0 Å². The molecule has 4 unspecified atom stereocenters. The van der Waals surface area contributed by atoms with E-state index in [0.29, 0.717) is 0 Å². The van der Waals surface area contributed by atoms with E-state index in [2.05, 4.69) is 69.2 Å². The molecule has 0 heteroatoms. The van der Waals surface area contributed by atoms with Crippen molar-refractivity contribution in [2.75, 3.05) is 0 Å². The second kappa shape index (κ2) is 37.8. The molecule has 0 bridgehead atoms. The molecular weight excluding hydrogens is 553 g/mol. The van der Waals surface area contributed by atoms with Crippen molar-refractivity contribution in [1.82, 2.24) is 0 Å². The van der Waals surface area contributed by atoms with Gasteiger partial charge in [0.25, 0.3) is 0 Å². The van der Waals surface area contributed by atoms with Crippen LogP contribution in [0, 0.1) is 35.5 Å². The van der Waals surface area contributed by atoms with Gasteiger partial charge in [0.05, 0.1) is 0 Å². The minimum Gasteiger partial charge on any atom is -0.0654 e. The maximum Gasteiger partial charge on any atom is -0.0443 e. The summed E-state index contributed by atoms with van der Waals surface area (Å²) in [5.74, 6) is 5.51. The highest BCUT2D eigenvalue weighted by Gasteiger charge is 2.09. The van der Waals surface area contributed by atoms with Gasteiger partial charge in [0.15, 0.2) is 0 Å². The molecule has 0 heterocycles. The topological polar surface area (TPSA) is 0 Å². The van der Waals surface area contributed by atoms with Gasteiger partial charge in [-0.2, -0.15) is 0 Å². The van der Waals surface area contributed by atoms with E-state index in [9.17, 15) is 0 Å². The minimum atomic E-state index is 0.878. The van der Waals surface area contributed by atoms with Gasteiger partial charge < -0.3 is 0 Å². The predicted molar refractivity (Wildman–Crippen MR) is 216 cm³/mol. The molecule has 4 atom stereocenters. The molecule has 0 aliphatic carbocycles. The molecule has 0 radical (unpaired) electrons. The zero-order chi connectivity index (χ0) is 34.7. The Bertz CT molecular complexity index is 484. The van der Waals surface area contributed by atoms with Crippen LogP contribution in [0.15, 0.2) is 0 Å². The molecule has 0 saturated heterocycles. The Morgan fingerprint density at radius 1 is 0.217 bits per heavy atom. The summed E-state index contributed by atoms with van der Waals surface area (Å²) < 4.78 is 0. The summed E-state index contributed by atoms with van der Waals surface area (Å²) in [6.07, 6.45) is 43.6. The smallest absolute Gasteiger partial charge is 0.0443 e. The van der Waals surface area contributed by atoms with E-state index in [1.54, 1.807) is 0 Å². The molecule has 0 nitrogen and oxygen atoms in total. The van der Waals surface area contributed by atoms with Gasteiger partial charge in [0.1, 0.15) is 0 Å². The Morgan fingerprint density at radius 3 is 0.630 bits per heavy atom. The molecular formula is C46H96. The van der Waals surface area contributed by atoms with Gasteiger partial charge in [-0.3, -0.25) is 0 Å². The summed E-state index contributed by atoms with van der Waals surface area (Å²) in [6, 6.07) is 0. The van der Waals surface area contributed by atoms with E-state index in [0.717, 1.165) is 35.5 Å². The highest BCUT2D eigenvalue weighted by atomic mass is 14.1. The second-order valence-corrected chi connectivity index (χ2v) is 17.5. The lowest BCUT2D eigenvalue weighted by Gasteiger charge is -2.16. The van der Waals surface area contributed by atoms with Crippen molar-refractivity contribution in [2.45, 2.75) is 262 Å². The Hall–Kier alpha value is 0. The van der Waals surface area contributed by atoms with E-state index in [1.165, 1.54) is 193 Å². The molecule has 280 valence electrons. The first-order valence-corrected chi connectivity index (χ1v) is 22.1. The van der Waals surface area contributed by atoms with Gasteiger partial charge in [-0.1, -0.05) is 262 Å². The van der Waals surface area contributed by atoms with Crippen LogP contribution in [0.4, 0.5) is 0 Å². The third kappa shape index (κ3) is 42.0. The summed E-state index contributed by atoms with van der Waals surface area (Å²) in [5.41, 5.74) is 0. The summed E-state index contributed by atoms with van der Waals surface area (Å²) in [4.78, 5) is 0. The van der Waals surface area contributed by atoms with Gasteiger partial charge >= 0.3 is 0 Å². The van der Waals surface area contributed by atoms with E-state index >= 15 is 0 Å². The van der Waals surface area contributed by atoms with Crippen LogP contribution < -0.4 is 0 Å². The molecule has 0 aliphatic rings. The van der Waals surface area contributed by atoms with Crippen LogP contribution in [0.5, 0.6) is 0 Å². The average molecular weight is 649 g/mol. The number of hydrogen-bond acceptors (Lipinski definition) is 0. The normalized spacial score (nSPS) is 14.3. The van der Waals surface area contributed by atoms with Crippen molar-refractivity contribution >= 4 is 0 Å². The van der Waals surface area contributed by atoms with Crippen molar-refractivity contribution in [3.05, 3.63) is 0 Å². The molecule has 0 N–H and O–H groups in total. The molecule has 0 aromatic heterocycles. The van der Waals surface area contributed by atoms with Crippen molar-refractivity contribution in [3.8, 4) is 0 Å². The maximum atomic E-state index is 2.49. The standard InChI is InChI=1S/C30H62.C16H34/c1-25(2)15-11-19-29(7)23-13-21-27(5)17-9-10-18-28(6)22-14-24-30(8)20-12-16-26(3)4;1-3-5-7-9-11-13-15-16-14-12-10-8-6-4-2/h25-30H,9-24H2,1-8H3;3-16H2,1-2H3. The Labute approximate surface area is 296 Å². The largest absolute Gasteiger partial charge is 0.0654 e. The van der Waals surface area contributed by atoms with E-state index < -0.39 is 0 Å². The van der Waals surface area contributed by atoms with Gasteiger partial charge in [0.2, 0.25) is 0 Å². The summed E-state index contributed by atoms with van der Waals surface area (Å²) in [7, 11) is 0. The third-order valence-electron chi connectivity index (χ3n) is 10.8. The number of unbranched alkanes of at least 4 members (excludes halogenated alkanes) is 14. The molecule has 0 rings (SSSR count). The van der Waals surface area contributed by atoms with Crippen LogP contribution in [0.25, 0.3) is 0 Å². The Balaban J connectivity index is 0. The molecule has 0 aromatic carbocycles. The number of hydrogen-bond donors (Lipinski definition) is 0. The summed E-state index contributed by atoms with van der Waals surface area (Å²) >= 11 is 0. The zero-order valence-electron chi connectivity index (χ0n) is 34.7.